The smallest absolute Gasteiger partial charge is 0.353 e. The molecule has 0 amide bonds. The Hall–Kier alpha value is -2.77. The lowest BCUT2D eigenvalue weighted by Gasteiger charge is -2.13. The molecule has 0 unspecified atom stereocenters. The number of hydrogen-bond donors (Lipinski definition) is 1. The van der Waals surface area contributed by atoms with E-state index in [2.05, 4.69) is 20.3 Å². The monoisotopic (exact) mass is 274 g/mol. The molecule has 0 aromatic carbocycles. The molecule has 0 aliphatic carbocycles. The van der Waals surface area contributed by atoms with E-state index in [-0.39, 0.29) is 17.3 Å². The summed E-state index contributed by atoms with van der Waals surface area (Å²) in [6, 6.07) is 3.59. The summed E-state index contributed by atoms with van der Waals surface area (Å²) in [4.78, 5) is 24.3. The molecule has 2 aromatic rings. The Balaban J connectivity index is 2.43. The standard InChI is InChI=1S/C12H14N6O2/c1-8-4-5-9(13-6-8)16-11-10(18(19)20)12(17(2)3)15-7-14-11/h4-7H,1-3H3,(H,13,14,15,16). The highest BCUT2D eigenvalue weighted by Gasteiger charge is 2.24. The second-order valence-corrected chi connectivity index (χ2v) is 4.39. The van der Waals surface area contributed by atoms with Crippen molar-refractivity contribution in [3.8, 4) is 0 Å². The van der Waals surface area contributed by atoms with Crippen molar-refractivity contribution in [1.29, 1.82) is 0 Å². The average molecular weight is 274 g/mol. The third kappa shape index (κ3) is 2.79. The Labute approximate surface area is 115 Å². The van der Waals surface area contributed by atoms with Gasteiger partial charge in [0.25, 0.3) is 0 Å². The molecule has 0 saturated carbocycles. The molecular formula is C12H14N6O2. The van der Waals surface area contributed by atoms with Gasteiger partial charge in [0.05, 0.1) is 4.92 Å². The molecule has 0 bridgehead atoms. The summed E-state index contributed by atoms with van der Waals surface area (Å²) in [7, 11) is 3.37. The van der Waals surface area contributed by atoms with Crippen LogP contribution in [0.5, 0.6) is 0 Å². The molecule has 0 fully saturated rings. The number of nitrogens with one attached hydrogen (secondary N) is 1. The highest BCUT2D eigenvalue weighted by Crippen LogP contribution is 2.31. The summed E-state index contributed by atoms with van der Waals surface area (Å²) >= 11 is 0. The van der Waals surface area contributed by atoms with E-state index in [1.807, 2.05) is 13.0 Å². The molecule has 0 aliphatic rings. The van der Waals surface area contributed by atoms with Crippen LogP contribution in [-0.4, -0.2) is 34.0 Å². The summed E-state index contributed by atoms with van der Waals surface area (Å²) in [5.41, 5.74) is 0.821. The zero-order chi connectivity index (χ0) is 14.7. The van der Waals surface area contributed by atoms with Crippen molar-refractivity contribution in [3.05, 3.63) is 40.3 Å². The quantitative estimate of drug-likeness (QED) is 0.671. The van der Waals surface area contributed by atoms with Crippen LogP contribution in [0.25, 0.3) is 0 Å². The van der Waals surface area contributed by atoms with Gasteiger partial charge < -0.3 is 10.2 Å². The third-order valence-corrected chi connectivity index (χ3v) is 2.57. The molecule has 0 spiro atoms. The van der Waals surface area contributed by atoms with E-state index in [1.165, 1.54) is 6.33 Å². The fourth-order valence-corrected chi connectivity index (χ4v) is 1.62. The van der Waals surface area contributed by atoms with Crippen LogP contribution in [0.3, 0.4) is 0 Å². The Kier molecular flexibility index (Phi) is 3.74. The molecule has 2 aromatic heterocycles. The van der Waals surface area contributed by atoms with Gasteiger partial charge in [-0.15, -0.1) is 0 Å². The second kappa shape index (κ2) is 5.47. The van der Waals surface area contributed by atoms with Gasteiger partial charge in [-0.25, -0.2) is 15.0 Å². The van der Waals surface area contributed by atoms with Crippen molar-refractivity contribution in [3.63, 3.8) is 0 Å². The minimum Gasteiger partial charge on any atom is -0.357 e. The number of nitro groups is 1. The second-order valence-electron chi connectivity index (χ2n) is 4.39. The Morgan fingerprint density at radius 3 is 2.55 bits per heavy atom. The summed E-state index contributed by atoms with van der Waals surface area (Å²) in [6.07, 6.45) is 2.95. The Morgan fingerprint density at radius 2 is 2.00 bits per heavy atom. The van der Waals surface area contributed by atoms with E-state index in [0.29, 0.717) is 5.82 Å². The molecule has 0 saturated heterocycles. The fourth-order valence-electron chi connectivity index (χ4n) is 1.62. The molecule has 104 valence electrons. The van der Waals surface area contributed by atoms with Crippen molar-refractivity contribution < 1.29 is 4.92 Å². The van der Waals surface area contributed by atoms with Crippen LogP contribution in [0, 0.1) is 17.0 Å². The van der Waals surface area contributed by atoms with Gasteiger partial charge in [-0.05, 0) is 18.6 Å². The average Bonchev–Trinajstić information content (AvgIpc) is 2.40. The largest absolute Gasteiger partial charge is 0.357 e. The molecule has 1 N–H and O–H groups in total. The van der Waals surface area contributed by atoms with Gasteiger partial charge in [0.2, 0.25) is 11.6 Å². The summed E-state index contributed by atoms with van der Waals surface area (Å²) in [5.74, 6) is 0.840. The van der Waals surface area contributed by atoms with E-state index < -0.39 is 4.92 Å². The van der Waals surface area contributed by atoms with E-state index in [0.717, 1.165) is 5.56 Å². The lowest BCUT2D eigenvalue weighted by Crippen LogP contribution is -2.14. The van der Waals surface area contributed by atoms with Crippen LogP contribution in [0.2, 0.25) is 0 Å². The number of aryl methyl sites for hydroxylation is 1. The van der Waals surface area contributed by atoms with Gasteiger partial charge in [-0.2, -0.15) is 0 Å². The maximum atomic E-state index is 11.2. The Bertz CT molecular complexity index is 626. The predicted molar refractivity (Wildman–Crippen MR) is 75.3 cm³/mol. The van der Waals surface area contributed by atoms with Crippen molar-refractivity contribution in [1.82, 2.24) is 15.0 Å². The number of hydrogen-bond acceptors (Lipinski definition) is 7. The SMILES string of the molecule is Cc1ccc(Nc2ncnc(N(C)C)c2[N+](=O)[O-])nc1. The van der Waals surface area contributed by atoms with E-state index >= 15 is 0 Å². The minimum absolute atomic E-state index is 0.116. The van der Waals surface area contributed by atoms with Crippen LogP contribution in [0.4, 0.5) is 23.1 Å². The summed E-state index contributed by atoms with van der Waals surface area (Å²) in [5, 5.41) is 14.1. The molecule has 8 heteroatoms. The minimum atomic E-state index is -0.508. The number of pyridine rings is 1. The molecule has 2 heterocycles. The van der Waals surface area contributed by atoms with Crippen LogP contribution in [0.15, 0.2) is 24.7 Å². The maximum absolute atomic E-state index is 11.2. The Morgan fingerprint density at radius 1 is 1.25 bits per heavy atom. The third-order valence-electron chi connectivity index (χ3n) is 2.57. The maximum Gasteiger partial charge on any atom is 0.353 e. The first kappa shape index (κ1) is 13.7. The van der Waals surface area contributed by atoms with Crippen LogP contribution >= 0.6 is 0 Å². The van der Waals surface area contributed by atoms with E-state index in [1.54, 1.807) is 31.3 Å². The molecule has 8 nitrogen and oxygen atoms in total. The first-order chi connectivity index (χ1) is 9.49. The van der Waals surface area contributed by atoms with Crippen LogP contribution < -0.4 is 10.2 Å². The van der Waals surface area contributed by atoms with Gasteiger partial charge in [0.15, 0.2) is 0 Å². The topological polar surface area (TPSA) is 97.1 Å². The van der Waals surface area contributed by atoms with Gasteiger partial charge in [0.1, 0.15) is 12.1 Å². The van der Waals surface area contributed by atoms with Gasteiger partial charge in [-0.1, -0.05) is 6.07 Å². The first-order valence-corrected chi connectivity index (χ1v) is 5.85. The van der Waals surface area contributed by atoms with Crippen molar-refractivity contribution in [2.24, 2.45) is 0 Å². The van der Waals surface area contributed by atoms with Crippen LogP contribution in [-0.2, 0) is 0 Å². The highest BCUT2D eigenvalue weighted by atomic mass is 16.6. The fraction of sp³-hybridized carbons (Fsp3) is 0.250. The van der Waals surface area contributed by atoms with Crippen molar-refractivity contribution in [2.45, 2.75) is 6.92 Å². The lowest BCUT2D eigenvalue weighted by atomic mass is 10.3. The van der Waals surface area contributed by atoms with E-state index in [9.17, 15) is 10.1 Å². The molecule has 0 aliphatic heterocycles. The molecule has 2 rings (SSSR count). The van der Waals surface area contributed by atoms with Gasteiger partial charge >= 0.3 is 5.69 Å². The highest BCUT2D eigenvalue weighted by molar-refractivity contribution is 5.73. The van der Waals surface area contributed by atoms with Gasteiger partial charge in [0, 0.05) is 20.3 Å². The molecular weight excluding hydrogens is 260 g/mol. The zero-order valence-electron chi connectivity index (χ0n) is 11.4. The van der Waals surface area contributed by atoms with Crippen LogP contribution in [0.1, 0.15) is 5.56 Å². The predicted octanol–water partition coefficient (Wildman–Crippen LogP) is 1.90. The number of nitrogens with zero attached hydrogens (tertiary/aromatic N) is 5. The van der Waals surface area contributed by atoms with Crippen molar-refractivity contribution >= 4 is 23.1 Å². The summed E-state index contributed by atoms with van der Waals surface area (Å²) in [6.45, 7) is 1.91. The first-order valence-electron chi connectivity index (χ1n) is 5.85. The number of anilines is 3. The van der Waals surface area contributed by atoms with E-state index in [4.69, 9.17) is 0 Å². The normalized spacial score (nSPS) is 10.2. The van der Waals surface area contributed by atoms with Crippen molar-refractivity contribution in [2.75, 3.05) is 24.3 Å². The zero-order valence-corrected chi connectivity index (χ0v) is 11.4. The number of aromatic nitrogens is 3. The summed E-state index contributed by atoms with van der Waals surface area (Å²) < 4.78 is 0. The molecule has 0 atom stereocenters. The number of rotatable bonds is 4. The molecule has 0 radical (unpaired) electrons. The van der Waals surface area contributed by atoms with Gasteiger partial charge in [-0.3, -0.25) is 10.1 Å². The molecule has 20 heavy (non-hydrogen) atoms. The lowest BCUT2D eigenvalue weighted by molar-refractivity contribution is -0.383.